The van der Waals surface area contributed by atoms with Crippen molar-refractivity contribution in [1.29, 1.82) is 0 Å². The molecule has 0 aliphatic heterocycles. The van der Waals surface area contributed by atoms with Crippen LogP contribution in [-0.2, 0) is 4.79 Å². The molecule has 0 bridgehead atoms. The Labute approximate surface area is 114 Å². The predicted octanol–water partition coefficient (Wildman–Crippen LogP) is 4.05. The predicted molar refractivity (Wildman–Crippen MR) is 79.4 cm³/mol. The summed E-state index contributed by atoms with van der Waals surface area (Å²) in [5.74, 6) is -0.121. The highest BCUT2D eigenvalue weighted by Gasteiger charge is 2.16. The first kappa shape index (κ1) is 13.3. The van der Waals surface area contributed by atoms with Crippen molar-refractivity contribution in [2.24, 2.45) is 0 Å². The van der Waals surface area contributed by atoms with Gasteiger partial charge in [-0.2, -0.15) is 0 Å². The van der Waals surface area contributed by atoms with E-state index in [2.05, 4.69) is 5.32 Å². The van der Waals surface area contributed by atoms with Gasteiger partial charge < -0.3 is 5.32 Å². The van der Waals surface area contributed by atoms with Gasteiger partial charge in [-0.1, -0.05) is 48.5 Å². The average molecular weight is 253 g/mol. The lowest BCUT2D eigenvalue weighted by atomic mass is 10.00. The van der Waals surface area contributed by atoms with E-state index in [0.29, 0.717) is 0 Å². The molecule has 98 valence electrons. The smallest absolute Gasteiger partial charge is 0.231 e. The lowest BCUT2D eigenvalue weighted by Crippen LogP contribution is -2.20. The normalized spacial score (nSPS) is 11.9. The second kappa shape index (κ2) is 5.70. The van der Waals surface area contributed by atoms with Crippen LogP contribution in [0.4, 0.5) is 5.69 Å². The molecule has 0 unspecified atom stereocenters. The molecule has 0 saturated heterocycles. The van der Waals surface area contributed by atoms with Crippen LogP contribution < -0.4 is 5.32 Å². The molecule has 0 fully saturated rings. The molecule has 1 N–H and O–H groups in total. The van der Waals surface area contributed by atoms with Gasteiger partial charge in [0, 0.05) is 5.69 Å². The number of benzene rings is 2. The number of nitrogens with one attached hydrogen (secondary N) is 1. The molecular formula is C17H19NO. The Hall–Kier alpha value is -2.09. The van der Waals surface area contributed by atoms with E-state index in [9.17, 15) is 4.79 Å². The molecule has 2 rings (SSSR count). The third-order valence-electron chi connectivity index (χ3n) is 3.42. The fraction of sp³-hybridized carbons (Fsp3) is 0.235. The second-order valence-electron chi connectivity index (χ2n) is 4.89. The maximum absolute atomic E-state index is 12.3. The maximum atomic E-state index is 12.3. The van der Waals surface area contributed by atoms with Gasteiger partial charge in [0.15, 0.2) is 0 Å². The number of carbonyl (C=O) groups excluding carboxylic acids is 1. The van der Waals surface area contributed by atoms with Crippen molar-refractivity contribution < 1.29 is 4.79 Å². The van der Waals surface area contributed by atoms with Crippen molar-refractivity contribution in [3.8, 4) is 0 Å². The minimum atomic E-state index is -0.153. The molecule has 1 amide bonds. The van der Waals surface area contributed by atoms with E-state index in [4.69, 9.17) is 0 Å². The number of hydrogen-bond donors (Lipinski definition) is 1. The van der Waals surface area contributed by atoms with E-state index in [1.54, 1.807) is 0 Å². The van der Waals surface area contributed by atoms with E-state index >= 15 is 0 Å². The Kier molecular flexibility index (Phi) is 4.00. The van der Waals surface area contributed by atoms with Crippen LogP contribution in [0, 0.1) is 13.8 Å². The summed E-state index contributed by atoms with van der Waals surface area (Å²) in [7, 11) is 0. The Balaban J connectivity index is 2.18. The van der Waals surface area contributed by atoms with Gasteiger partial charge in [0.2, 0.25) is 5.91 Å². The highest BCUT2D eigenvalue weighted by Crippen LogP contribution is 2.22. The summed E-state index contributed by atoms with van der Waals surface area (Å²) < 4.78 is 0. The molecule has 0 heterocycles. The van der Waals surface area contributed by atoms with Gasteiger partial charge in [0.05, 0.1) is 5.92 Å². The number of aryl methyl sites for hydroxylation is 2. The van der Waals surface area contributed by atoms with Gasteiger partial charge in [0.1, 0.15) is 0 Å². The first-order valence-electron chi connectivity index (χ1n) is 6.51. The summed E-state index contributed by atoms with van der Waals surface area (Å²) in [6.45, 7) is 5.95. The fourth-order valence-corrected chi connectivity index (χ4v) is 2.14. The lowest BCUT2D eigenvalue weighted by Gasteiger charge is -2.15. The van der Waals surface area contributed by atoms with Gasteiger partial charge in [0.25, 0.3) is 0 Å². The Morgan fingerprint density at radius 1 is 0.947 bits per heavy atom. The summed E-state index contributed by atoms with van der Waals surface area (Å²) in [5.41, 5.74) is 4.14. The molecule has 0 aliphatic carbocycles. The molecular weight excluding hydrogens is 234 g/mol. The van der Waals surface area contributed by atoms with E-state index < -0.39 is 0 Å². The molecule has 2 aromatic rings. The minimum Gasteiger partial charge on any atom is -0.325 e. The van der Waals surface area contributed by atoms with E-state index in [1.165, 1.54) is 0 Å². The largest absolute Gasteiger partial charge is 0.325 e. The van der Waals surface area contributed by atoms with E-state index in [1.807, 2.05) is 69.3 Å². The Bertz CT molecular complexity index is 555. The first-order valence-corrected chi connectivity index (χ1v) is 6.51. The van der Waals surface area contributed by atoms with Crippen molar-refractivity contribution in [3.05, 3.63) is 65.2 Å². The van der Waals surface area contributed by atoms with E-state index in [0.717, 1.165) is 22.4 Å². The number of anilines is 1. The van der Waals surface area contributed by atoms with Crippen LogP contribution in [0.25, 0.3) is 0 Å². The Morgan fingerprint density at radius 3 is 2.11 bits per heavy atom. The standard InChI is InChI=1S/C17H19NO/c1-12-8-7-9-13(2)16(12)18-17(19)14(3)15-10-5-4-6-11-15/h4-11,14H,1-3H3,(H,18,19)/t14-/m1/s1. The molecule has 1 atom stereocenters. The van der Waals surface area contributed by atoms with Crippen molar-refractivity contribution >= 4 is 11.6 Å². The van der Waals surface area contributed by atoms with Gasteiger partial charge in [-0.15, -0.1) is 0 Å². The summed E-state index contributed by atoms with van der Waals surface area (Å²) in [6.07, 6.45) is 0. The van der Waals surface area contributed by atoms with Crippen molar-refractivity contribution in [1.82, 2.24) is 0 Å². The molecule has 2 nitrogen and oxygen atoms in total. The molecule has 0 saturated carbocycles. The molecule has 2 heteroatoms. The van der Waals surface area contributed by atoms with Crippen LogP contribution in [0.2, 0.25) is 0 Å². The van der Waals surface area contributed by atoms with Gasteiger partial charge >= 0.3 is 0 Å². The maximum Gasteiger partial charge on any atom is 0.231 e. The van der Waals surface area contributed by atoms with Crippen LogP contribution >= 0.6 is 0 Å². The van der Waals surface area contributed by atoms with Gasteiger partial charge in [-0.05, 0) is 37.5 Å². The molecule has 2 aromatic carbocycles. The van der Waals surface area contributed by atoms with Gasteiger partial charge in [-0.3, -0.25) is 4.79 Å². The molecule has 19 heavy (non-hydrogen) atoms. The number of rotatable bonds is 3. The molecule has 0 aromatic heterocycles. The SMILES string of the molecule is Cc1cccc(C)c1NC(=O)[C@H](C)c1ccccc1. The second-order valence-corrected chi connectivity index (χ2v) is 4.89. The number of amides is 1. The highest BCUT2D eigenvalue weighted by atomic mass is 16.1. The number of carbonyl (C=O) groups is 1. The monoisotopic (exact) mass is 253 g/mol. The molecule has 0 radical (unpaired) electrons. The zero-order valence-corrected chi connectivity index (χ0v) is 11.6. The minimum absolute atomic E-state index is 0.0311. The zero-order chi connectivity index (χ0) is 13.8. The molecule has 0 aliphatic rings. The number of para-hydroxylation sites is 1. The molecule has 0 spiro atoms. The van der Waals surface area contributed by atoms with E-state index in [-0.39, 0.29) is 11.8 Å². The quantitative estimate of drug-likeness (QED) is 0.878. The lowest BCUT2D eigenvalue weighted by molar-refractivity contribution is -0.117. The average Bonchev–Trinajstić information content (AvgIpc) is 2.43. The fourth-order valence-electron chi connectivity index (χ4n) is 2.14. The van der Waals surface area contributed by atoms with Crippen molar-refractivity contribution in [2.45, 2.75) is 26.7 Å². The van der Waals surface area contributed by atoms with Crippen LogP contribution in [-0.4, -0.2) is 5.91 Å². The summed E-state index contributed by atoms with van der Waals surface area (Å²) >= 11 is 0. The highest BCUT2D eigenvalue weighted by molar-refractivity contribution is 5.96. The third-order valence-corrected chi connectivity index (χ3v) is 3.42. The Morgan fingerprint density at radius 2 is 1.53 bits per heavy atom. The van der Waals surface area contributed by atoms with Crippen molar-refractivity contribution in [3.63, 3.8) is 0 Å². The summed E-state index contributed by atoms with van der Waals surface area (Å²) in [4.78, 5) is 12.3. The number of hydrogen-bond acceptors (Lipinski definition) is 1. The van der Waals surface area contributed by atoms with Crippen LogP contribution in [0.1, 0.15) is 29.5 Å². The summed E-state index contributed by atoms with van der Waals surface area (Å²) in [5, 5.41) is 3.04. The van der Waals surface area contributed by atoms with Crippen molar-refractivity contribution in [2.75, 3.05) is 5.32 Å². The van der Waals surface area contributed by atoms with Gasteiger partial charge in [-0.25, -0.2) is 0 Å². The zero-order valence-electron chi connectivity index (χ0n) is 11.6. The van der Waals surface area contributed by atoms with Crippen LogP contribution in [0.5, 0.6) is 0 Å². The third kappa shape index (κ3) is 3.02. The topological polar surface area (TPSA) is 29.1 Å². The summed E-state index contributed by atoms with van der Waals surface area (Å²) in [6, 6.07) is 15.9. The van der Waals surface area contributed by atoms with Crippen LogP contribution in [0.15, 0.2) is 48.5 Å². The van der Waals surface area contributed by atoms with Crippen LogP contribution in [0.3, 0.4) is 0 Å². The first-order chi connectivity index (χ1) is 9.09.